The first-order valence-corrected chi connectivity index (χ1v) is 9.96. The van der Waals surface area contributed by atoms with Crippen molar-refractivity contribution in [3.8, 4) is 28.5 Å². The van der Waals surface area contributed by atoms with Crippen LogP contribution in [0.2, 0.25) is 15.1 Å². The zero-order valence-corrected chi connectivity index (χ0v) is 18.0. The fraction of sp³-hybridized carbons (Fsp3) is 0.150. The van der Waals surface area contributed by atoms with E-state index in [9.17, 15) is 13.2 Å². The van der Waals surface area contributed by atoms with Crippen LogP contribution in [0, 0.1) is 6.92 Å². The summed E-state index contributed by atoms with van der Waals surface area (Å²) >= 11 is 18.4. The second-order valence-corrected chi connectivity index (χ2v) is 7.91. The van der Waals surface area contributed by atoms with Crippen molar-refractivity contribution < 1.29 is 17.6 Å². The van der Waals surface area contributed by atoms with Crippen LogP contribution in [0.1, 0.15) is 11.5 Å². The molecule has 4 rings (SSSR count). The van der Waals surface area contributed by atoms with Gasteiger partial charge in [0.15, 0.2) is 5.69 Å². The van der Waals surface area contributed by atoms with E-state index in [-0.39, 0.29) is 11.6 Å². The molecule has 0 radical (unpaired) electrons. The summed E-state index contributed by atoms with van der Waals surface area (Å²) in [6.45, 7) is 1.75. The van der Waals surface area contributed by atoms with E-state index >= 15 is 0 Å². The lowest BCUT2D eigenvalue weighted by Crippen LogP contribution is -2.11. The molecule has 0 amide bonds. The first kappa shape index (κ1) is 21.7. The molecule has 0 spiro atoms. The Hall–Kier alpha value is -2.55. The minimum atomic E-state index is -4.47. The zero-order valence-electron chi connectivity index (χ0n) is 15.7. The Bertz CT molecular complexity index is 1250. The number of halogens is 6. The standard InChI is InChI=1S/C20H12Cl3F3N4O/c1-10-17(19-28-27-16(31-19)9-20(24,25)26)29-30(15-7-6-13(22)8-14(15)23)18(10)11-2-4-12(21)5-3-11/h2-8H,9H2,1H3. The SMILES string of the molecule is Cc1c(-c2nnc(CC(F)(F)F)o2)nn(-c2ccc(Cl)cc2Cl)c1-c1ccc(Cl)cc1. The van der Waals surface area contributed by atoms with Crippen LogP contribution in [0.3, 0.4) is 0 Å². The van der Waals surface area contributed by atoms with Crippen LogP contribution in [0.25, 0.3) is 28.5 Å². The maximum absolute atomic E-state index is 12.7. The van der Waals surface area contributed by atoms with E-state index in [2.05, 4.69) is 15.3 Å². The van der Waals surface area contributed by atoms with Crippen LogP contribution < -0.4 is 0 Å². The topological polar surface area (TPSA) is 56.7 Å². The third-order valence-corrected chi connectivity index (χ3v) is 5.19. The molecule has 2 aromatic heterocycles. The van der Waals surface area contributed by atoms with Gasteiger partial charge in [-0.15, -0.1) is 10.2 Å². The van der Waals surface area contributed by atoms with Gasteiger partial charge in [-0.05, 0) is 37.3 Å². The molecule has 2 aromatic carbocycles. The molecule has 160 valence electrons. The molecule has 0 N–H and O–H groups in total. The molecule has 11 heteroatoms. The minimum Gasteiger partial charge on any atom is -0.419 e. The fourth-order valence-electron chi connectivity index (χ4n) is 3.07. The van der Waals surface area contributed by atoms with Crippen molar-refractivity contribution in [2.75, 3.05) is 0 Å². The normalized spacial score (nSPS) is 11.8. The first-order chi connectivity index (χ1) is 14.6. The number of aromatic nitrogens is 4. The summed E-state index contributed by atoms with van der Waals surface area (Å²) in [4.78, 5) is 0. The number of hydrogen-bond donors (Lipinski definition) is 0. The van der Waals surface area contributed by atoms with Crippen LogP contribution >= 0.6 is 34.8 Å². The van der Waals surface area contributed by atoms with Gasteiger partial charge < -0.3 is 4.42 Å². The molecule has 2 heterocycles. The van der Waals surface area contributed by atoms with Crippen LogP contribution in [-0.2, 0) is 6.42 Å². The van der Waals surface area contributed by atoms with Gasteiger partial charge in [0.05, 0.1) is 16.4 Å². The molecule has 0 saturated carbocycles. The predicted molar refractivity (Wildman–Crippen MR) is 112 cm³/mol. The van der Waals surface area contributed by atoms with Crippen molar-refractivity contribution >= 4 is 34.8 Å². The molecule has 0 atom stereocenters. The van der Waals surface area contributed by atoms with E-state index in [1.807, 2.05) is 0 Å². The smallest absolute Gasteiger partial charge is 0.397 e. The number of rotatable bonds is 4. The highest BCUT2D eigenvalue weighted by Crippen LogP contribution is 2.36. The molecular weight excluding hydrogens is 476 g/mol. The summed E-state index contributed by atoms with van der Waals surface area (Å²) in [7, 11) is 0. The van der Waals surface area contributed by atoms with Gasteiger partial charge in [-0.2, -0.15) is 18.3 Å². The summed E-state index contributed by atoms with van der Waals surface area (Å²) in [5.41, 5.74) is 2.74. The van der Waals surface area contributed by atoms with Crippen LogP contribution in [0.15, 0.2) is 46.9 Å². The largest absolute Gasteiger partial charge is 0.419 e. The molecule has 0 aliphatic rings. The average Bonchev–Trinajstić information content (AvgIpc) is 3.25. The Balaban J connectivity index is 1.89. The third-order valence-electron chi connectivity index (χ3n) is 4.40. The number of nitrogens with zero attached hydrogens (tertiary/aromatic N) is 4. The molecular formula is C20H12Cl3F3N4O. The van der Waals surface area contributed by atoms with Crippen molar-refractivity contribution in [2.45, 2.75) is 19.5 Å². The summed E-state index contributed by atoms with van der Waals surface area (Å²) < 4.78 is 44.8. The quantitative estimate of drug-likeness (QED) is 0.312. The Kier molecular flexibility index (Phi) is 5.72. The first-order valence-electron chi connectivity index (χ1n) is 8.83. The van der Waals surface area contributed by atoms with E-state index in [1.165, 1.54) is 0 Å². The Morgan fingerprint density at radius 2 is 1.65 bits per heavy atom. The van der Waals surface area contributed by atoms with Gasteiger partial charge in [0.2, 0.25) is 5.89 Å². The van der Waals surface area contributed by atoms with Crippen LogP contribution in [0.5, 0.6) is 0 Å². The zero-order chi connectivity index (χ0) is 22.3. The molecule has 0 aliphatic heterocycles. The second-order valence-electron chi connectivity index (χ2n) is 6.63. The monoisotopic (exact) mass is 486 g/mol. The molecule has 5 nitrogen and oxygen atoms in total. The maximum Gasteiger partial charge on any atom is 0.397 e. The molecule has 0 fully saturated rings. The summed E-state index contributed by atoms with van der Waals surface area (Å²) in [6.07, 6.45) is -5.80. The van der Waals surface area contributed by atoms with E-state index in [4.69, 9.17) is 39.2 Å². The fourth-order valence-corrected chi connectivity index (χ4v) is 3.68. The highest BCUT2D eigenvalue weighted by Gasteiger charge is 2.32. The van der Waals surface area contributed by atoms with Crippen molar-refractivity contribution in [3.63, 3.8) is 0 Å². The van der Waals surface area contributed by atoms with Gasteiger partial charge >= 0.3 is 6.18 Å². The molecule has 31 heavy (non-hydrogen) atoms. The second kappa shape index (κ2) is 8.18. The molecule has 4 aromatic rings. The lowest BCUT2D eigenvalue weighted by molar-refractivity contribution is -0.130. The average molecular weight is 488 g/mol. The van der Waals surface area contributed by atoms with Crippen molar-refractivity contribution in [1.82, 2.24) is 20.0 Å². The summed E-state index contributed by atoms with van der Waals surface area (Å²) in [5.74, 6) is -0.676. The predicted octanol–water partition coefficient (Wildman–Crippen LogP) is 6.96. The van der Waals surface area contributed by atoms with E-state index in [0.717, 1.165) is 5.56 Å². The number of benzene rings is 2. The number of hydrogen-bond acceptors (Lipinski definition) is 4. The highest BCUT2D eigenvalue weighted by atomic mass is 35.5. The Labute approximate surface area is 189 Å². The van der Waals surface area contributed by atoms with Crippen molar-refractivity contribution in [1.29, 1.82) is 0 Å². The van der Waals surface area contributed by atoms with E-state index in [0.29, 0.717) is 32.0 Å². The third kappa shape index (κ3) is 4.56. The van der Waals surface area contributed by atoms with Crippen LogP contribution in [-0.4, -0.2) is 26.2 Å². The molecule has 0 unspecified atom stereocenters. The maximum atomic E-state index is 12.7. The Morgan fingerprint density at radius 1 is 0.968 bits per heavy atom. The van der Waals surface area contributed by atoms with Gasteiger partial charge in [-0.25, -0.2) is 4.68 Å². The lowest BCUT2D eigenvalue weighted by atomic mass is 10.1. The Morgan fingerprint density at radius 3 is 2.29 bits per heavy atom. The van der Waals surface area contributed by atoms with Crippen molar-refractivity contribution in [3.05, 3.63) is 69.0 Å². The van der Waals surface area contributed by atoms with Gasteiger partial charge in [-0.1, -0.05) is 46.9 Å². The summed E-state index contributed by atoms with van der Waals surface area (Å²) in [6, 6.07) is 11.9. The van der Waals surface area contributed by atoms with Gasteiger partial charge in [0.1, 0.15) is 6.42 Å². The molecule has 0 saturated heterocycles. The summed E-state index contributed by atoms with van der Waals surface area (Å²) in [5, 5.41) is 13.1. The molecule has 0 aliphatic carbocycles. The minimum absolute atomic E-state index is 0.129. The number of alkyl halides is 3. The van der Waals surface area contributed by atoms with Gasteiger partial charge in [0, 0.05) is 21.2 Å². The lowest BCUT2D eigenvalue weighted by Gasteiger charge is -2.11. The van der Waals surface area contributed by atoms with E-state index < -0.39 is 18.5 Å². The van der Waals surface area contributed by atoms with Crippen LogP contribution in [0.4, 0.5) is 13.2 Å². The van der Waals surface area contributed by atoms with E-state index in [1.54, 1.807) is 54.1 Å². The van der Waals surface area contributed by atoms with Gasteiger partial charge in [0.25, 0.3) is 5.89 Å². The van der Waals surface area contributed by atoms with Crippen molar-refractivity contribution in [2.24, 2.45) is 0 Å². The molecule has 0 bridgehead atoms. The highest BCUT2D eigenvalue weighted by molar-refractivity contribution is 6.35. The van der Waals surface area contributed by atoms with Gasteiger partial charge in [-0.3, -0.25) is 0 Å².